The number of rotatable bonds is 0. The molecule has 0 aliphatic carbocycles. The fraction of sp³-hybridized carbons (Fsp3) is 0.500. The van der Waals surface area contributed by atoms with Gasteiger partial charge in [-0.3, -0.25) is 4.79 Å². The van der Waals surface area contributed by atoms with Crippen LogP contribution in [0.5, 0.6) is 0 Å². The lowest BCUT2D eigenvalue weighted by molar-refractivity contribution is 0.608. The van der Waals surface area contributed by atoms with E-state index in [4.69, 9.17) is 0 Å². The summed E-state index contributed by atoms with van der Waals surface area (Å²) in [7, 11) is 0. The van der Waals surface area contributed by atoms with Gasteiger partial charge in [-0.25, -0.2) is 4.98 Å². The first-order valence-corrected chi connectivity index (χ1v) is 5.54. The molecule has 0 aliphatic heterocycles. The van der Waals surface area contributed by atoms with Gasteiger partial charge in [0.2, 0.25) is 0 Å². The third kappa shape index (κ3) is 1.67. The van der Waals surface area contributed by atoms with E-state index in [0.29, 0.717) is 16.9 Å². The monoisotopic (exact) mass is 223 g/mol. The Morgan fingerprint density at radius 1 is 1.33 bits per heavy atom. The molecule has 5 heteroatoms. The summed E-state index contributed by atoms with van der Waals surface area (Å²) < 4.78 is 4.22. The van der Waals surface area contributed by atoms with E-state index in [2.05, 4.69) is 35.1 Å². The Bertz CT molecular complexity index is 562. The molecule has 0 spiro atoms. The van der Waals surface area contributed by atoms with Crippen molar-refractivity contribution in [3.05, 3.63) is 21.1 Å². The van der Waals surface area contributed by atoms with Gasteiger partial charge in [-0.2, -0.15) is 4.37 Å². The maximum absolute atomic E-state index is 11.8. The van der Waals surface area contributed by atoms with Crippen LogP contribution in [-0.4, -0.2) is 14.3 Å². The lowest BCUT2D eigenvalue weighted by Gasteiger charge is -2.15. The average Bonchev–Trinajstić information content (AvgIpc) is 2.45. The van der Waals surface area contributed by atoms with E-state index in [9.17, 15) is 4.79 Å². The van der Waals surface area contributed by atoms with Gasteiger partial charge in [0.25, 0.3) is 5.56 Å². The Balaban J connectivity index is 2.87. The number of nitrogens with zero attached hydrogens (tertiary/aromatic N) is 2. The summed E-state index contributed by atoms with van der Waals surface area (Å²) in [5.41, 5.74) is 0.408. The summed E-state index contributed by atoms with van der Waals surface area (Å²) in [5.74, 6) is 0.609. The van der Waals surface area contributed by atoms with Crippen molar-refractivity contribution < 1.29 is 0 Å². The second kappa shape index (κ2) is 3.13. The number of nitrogens with one attached hydrogen (secondary N) is 1. The largest absolute Gasteiger partial charge is 0.310 e. The van der Waals surface area contributed by atoms with Crippen LogP contribution >= 0.6 is 11.5 Å². The Hall–Kier alpha value is -1.23. The molecule has 0 saturated carbocycles. The molecule has 0 radical (unpaired) electrons. The Labute approximate surface area is 91.5 Å². The fourth-order valence-corrected chi connectivity index (χ4v) is 2.35. The van der Waals surface area contributed by atoms with Gasteiger partial charge in [0.15, 0.2) is 5.65 Å². The molecule has 0 atom stereocenters. The van der Waals surface area contributed by atoms with Gasteiger partial charge in [0, 0.05) is 4.88 Å². The van der Waals surface area contributed by atoms with Crippen LogP contribution in [0, 0.1) is 6.92 Å². The lowest BCUT2D eigenvalue weighted by atomic mass is 9.93. The molecule has 4 nitrogen and oxygen atoms in total. The smallest absolute Gasteiger partial charge is 0.261 e. The van der Waals surface area contributed by atoms with Crippen molar-refractivity contribution in [1.82, 2.24) is 14.3 Å². The van der Waals surface area contributed by atoms with Crippen molar-refractivity contribution in [3.8, 4) is 0 Å². The molecule has 0 amide bonds. The minimum atomic E-state index is -0.0869. The van der Waals surface area contributed by atoms with E-state index in [0.717, 1.165) is 4.88 Å². The molecule has 0 aliphatic rings. The van der Waals surface area contributed by atoms with E-state index in [1.165, 1.54) is 11.5 Å². The molecule has 2 aromatic rings. The van der Waals surface area contributed by atoms with Crippen molar-refractivity contribution in [2.75, 3.05) is 0 Å². The highest BCUT2D eigenvalue weighted by Crippen LogP contribution is 2.30. The van der Waals surface area contributed by atoms with Crippen molar-refractivity contribution in [2.24, 2.45) is 0 Å². The molecule has 15 heavy (non-hydrogen) atoms. The topological polar surface area (TPSA) is 58.6 Å². The molecule has 0 bridgehead atoms. The van der Waals surface area contributed by atoms with Crippen LogP contribution in [-0.2, 0) is 5.41 Å². The van der Waals surface area contributed by atoms with Gasteiger partial charge in [0.1, 0.15) is 11.2 Å². The van der Waals surface area contributed by atoms with Gasteiger partial charge in [0.05, 0.1) is 0 Å². The number of fused-ring (bicyclic) bond motifs is 1. The number of aromatic amines is 1. The number of H-pyrrole nitrogens is 1. The molecule has 2 heterocycles. The third-order valence-electron chi connectivity index (χ3n) is 2.15. The summed E-state index contributed by atoms with van der Waals surface area (Å²) in [6.07, 6.45) is 0. The predicted octanol–water partition coefficient (Wildman–Crippen LogP) is 1.99. The summed E-state index contributed by atoms with van der Waals surface area (Å²) in [6.45, 7) is 7.97. The first kappa shape index (κ1) is 10.3. The molecule has 0 saturated heterocycles. The Morgan fingerprint density at radius 3 is 2.60 bits per heavy atom. The van der Waals surface area contributed by atoms with Crippen molar-refractivity contribution in [1.29, 1.82) is 0 Å². The van der Waals surface area contributed by atoms with E-state index >= 15 is 0 Å². The van der Waals surface area contributed by atoms with Crippen molar-refractivity contribution in [2.45, 2.75) is 33.1 Å². The van der Waals surface area contributed by atoms with Crippen molar-refractivity contribution in [3.63, 3.8) is 0 Å². The van der Waals surface area contributed by atoms with E-state index in [1.807, 2.05) is 0 Å². The maximum atomic E-state index is 11.8. The van der Waals surface area contributed by atoms with E-state index in [-0.39, 0.29) is 11.0 Å². The fourth-order valence-electron chi connectivity index (χ4n) is 1.49. The average molecular weight is 223 g/mol. The van der Waals surface area contributed by atoms with Gasteiger partial charge >= 0.3 is 0 Å². The summed E-state index contributed by atoms with van der Waals surface area (Å²) in [6, 6.07) is 0. The highest BCUT2D eigenvalue weighted by molar-refractivity contribution is 7.07. The number of aromatic nitrogens is 3. The van der Waals surface area contributed by atoms with Crippen LogP contribution in [0.25, 0.3) is 11.0 Å². The molecule has 0 aromatic carbocycles. The molecule has 0 unspecified atom stereocenters. The first-order valence-electron chi connectivity index (χ1n) is 4.76. The molecular formula is C10H13N3OS. The first-order chi connectivity index (χ1) is 6.89. The van der Waals surface area contributed by atoms with E-state index < -0.39 is 0 Å². The minimum Gasteiger partial charge on any atom is -0.310 e. The third-order valence-corrected chi connectivity index (χ3v) is 3.41. The number of hydrogen-bond acceptors (Lipinski definition) is 4. The molecule has 80 valence electrons. The molecule has 2 aromatic heterocycles. The normalized spacial score (nSPS) is 12.3. The van der Waals surface area contributed by atoms with Crippen LogP contribution in [0.15, 0.2) is 4.79 Å². The van der Waals surface area contributed by atoms with Crippen LogP contribution < -0.4 is 5.56 Å². The standard InChI is InChI=1S/C10H13N3OS/c1-5-11-8-6(9(14)12-5)7(15-13-8)10(2,3)4/h1-4H3,(H,11,12,13,14). The quantitative estimate of drug-likeness (QED) is 0.743. The van der Waals surface area contributed by atoms with Crippen LogP contribution in [0.1, 0.15) is 31.5 Å². The zero-order valence-corrected chi connectivity index (χ0v) is 10.0. The number of aryl methyl sites for hydroxylation is 1. The molecular weight excluding hydrogens is 210 g/mol. The second-order valence-electron chi connectivity index (χ2n) is 4.61. The summed E-state index contributed by atoms with van der Waals surface area (Å²) in [4.78, 5) is 19.7. The summed E-state index contributed by atoms with van der Waals surface area (Å²) in [5, 5.41) is 0.637. The van der Waals surface area contributed by atoms with Gasteiger partial charge in [-0.05, 0) is 23.9 Å². The zero-order chi connectivity index (χ0) is 11.2. The highest BCUT2D eigenvalue weighted by Gasteiger charge is 2.22. The predicted molar refractivity (Wildman–Crippen MR) is 61.5 cm³/mol. The van der Waals surface area contributed by atoms with Gasteiger partial charge < -0.3 is 4.98 Å². The number of hydrogen-bond donors (Lipinski definition) is 1. The summed E-state index contributed by atoms with van der Waals surface area (Å²) >= 11 is 1.36. The van der Waals surface area contributed by atoms with Crippen LogP contribution in [0.4, 0.5) is 0 Å². The maximum Gasteiger partial charge on any atom is 0.261 e. The van der Waals surface area contributed by atoms with Crippen LogP contribution in [0.3, 0.4) is 0 Å². The van der Waals surface area contributed by atoms with E-state index in [1.54, 1.807) is 6.92 Å². The Kier molecular flexibility index (Phi) is 2.15. The lowest BCUT2D eigenvalue weighted by Crippen LogP contribution is -2.15. The SMILES string of the molecule is Cc1nc2nsc(C(C)(C)C)c2c(=O)[nH]1. The second-order valence-corrected chi connectivity index (χ2v) is 5.39. The molecule has 0 fully saturated rings. The zero-order valence-electron chi connectivity index (χ0n) is 9.21. The molecule has 2 rings (SSSR count). The van der Waals surface area contributed by atoms with Gasteiger partial charge in [-0.1, -0.05) is 20.8 Å². The van der Waals surface area contributed by atoms with Gasteiger partial charge in [-0.15, -0.1) is 0 Å². The van der Waals surface area contributed by atoms with Crippen LogP contribution in [0.2, 0.25) is 0 Å². The Morgan fingerprint density at radius 2 is 2.00 bits per heavy atom. The highest BCUT2D eigenvalue weighted by atomic mass is 32.1. The minimum absolute atomic E-state index is 0.0661. The van der Waals surface area contributed by atoms with Crippen molar-refractivity contribution >= 4 is 22.6 Å². The molecule has 1 N–H and O–H groups in total.